The van der Waals surface area contributed by atoms with Crippen LogP contribution in [0.25, 0.3) is 0 Å². The number of alkyl halides is 1. The summed E-state index contributed by atoms with van der Waals surface area (Å²) in [5.74, 6) is -0.0847. The van der Waals surface area contributed by atoms with Crippen molar-refractivity contribution in [3.05, 3.63) is 0 Å². The predicted molar refractivity (Wildman–Crippen MR) is 72.5 cm³/mol. The highest BCUT2D eigenvalue weighted by Crippen LogP contribution is 2.08. The molecular formula is C12H23IO2. The van der Waals surface area contributed by atoms with E-state index in [-0.39, 0.29) is 5.97 Å². The number of hydrogen-bond donors (Lipinski definition) is 0. The minimum atomic E-state index is -0.0847. The molecule has 0 amide bonds. The van der Waals surface area contributed by atoms with Gasteiger partial charge in [0.2, 0.25) is 0 Å². The largest absolute Gasteiger partial charge is 0.465 e. The van der Waals surface area contributed by atoms with E-state index in [1.165, 1.54) is 44.9 Å². The monoisotopic (exact) mass is 326 g/mol. The Bertz CT molecular complexity index is 149. The maximum Gasteiger partial charge on any atom is 0.315 e. The molecule has 90 valence electrons. The van der Waals surface area contributed by atoms with Crippen LogP contribution in [0.15, 0.2) is 0 Å². The van der Waals surface area contributed by atoms with Crippen LogP contribution in [0.1, 0.15) is 58.3 Å². The van der Waals surface area contributed by atoms with E-state index in [1.807, 2.05) is 22.6 Å². The Morgan fingerprint density at radius 1 is 1.00 bits per heavy atom. The van der Waals surface area contributed by atoms with Gasteiger partial charge >= 0.3 is 5.97 Å². The quantitative estimate of drug-likeness (QED) is 0.261. The molecule has 0 spiro atoms. The second kappa shape index (κ2) is 12.3. The zero-order chi connectivity index (χ0) is 11.4. The average molecular weight is 326 g/mol. The van der Waals surface area contributed by atoms with Crippen LogP contribution in [0, 0.1) is 0 Å². The number of halogens is 1. The highest BCUT2D eigenvalue weighted by atomic mass is 127. The number of hydrogen-bond acceptors (Lipinski definition) is 2. The SMILES string of the molecule is CCCCCCCCCCOC(=O)CI. The van der Waals surface area contributed by atoms with E-state index in [1.54, 1.807) is 0 Å². The Kier molecular flexibility index (Phi) is 12.4. The molecule has 0 aromatic rings. The first-order valence-electron chi connectivity index (χ1n) is 6.02. The summed E-state index contributed by atoms with van der Waals surface area (Å²) in [5.41, 5.74) is 0. The molecular weight excluding hydrogens is 303 g/mol. The van der Waals surface area contributed by atoms with E-state index in [9.17, 15) is 4.79 Å². The molecule has 0 fully saturated rings. The van der Waals surface area contributed by atoms with Crippen LogP contribution in [0.5, 0.6) is 0 Å². The molecule has 0 bridgehead atoms. The van der Waals surface area contributed by atoms with Crippen molar-refractivity contribution in [3.63, 3.8) is 0 Å². The summed E-state index contributed by atoms with van der Waals surface area (Å²) in [4.78, 5) is 10.8. The zero-order valence-electron chi connectivity index (χ0n) is 9.77. The number of ether oxygens (including phenoxy) is 1. The standard InChI is InChI=1S/C12H23IO2/c1-2-3-4-5-6-7-8-9-10-15-12(14)11-13/h2-11H2,1H3. The molecule has 0 radical (unpaired) electrons. The van der Waals surface area contributed by atoms with E-state index in [4.69, 9.17) is 4.74 Å². The van der Waals surface area contributed by atoms with Gasteiger partial charge < -0.3 is 4.74 Å². The Balaban J connectivity index is 2.95. The van der Waals surface area contributed by atoms with Crippen molar-refractivity contribution in [1.29, 1.82) is 0 Å². The number of carbonyl (C=O) groups is 1. The molecule has 0 N–H and O–H groups in total. The summed E-state index contributed by atoms with van der Waals surface area (Å²) < 4.78 is 5.46. The van der Waals surface area contributed by atoms with Gasteiger partial charge in [-0.1, -0.05) is 74.5 Å². The van der Waals surface area contributed by atoms with Crippen molar-refractivity contribution >= 4 is 28.6 Å². The molecule has 0 heterocycles. The molecule has 0 saturated carbocycles. The van der Waals surface area contributed by atoms with Gasteiger partial charge in [-0.2, -0.15) is 0 Å². The smallest absolute Gasteiger partial charge is 0.315 e. The first kappa shape index (κ1) is 15.2. The topological polar surface area (TPSA) is 26.3 Å². The maximum absolute atomic E-state index is 10.8. The van der Waals surface area contributed by atoms with Gasteiger partial charge in [-0.15, -0.1) is 0 Å². The van der Waals surface area contributed by atoms with Crippen LogP contribution in [0.3, 0.4) is 0 Å². The lowest BCUT2D eigenvalue weighted by molar-refractivity contribution is -0.140. The van der Waals surface area contributed by atoms with Crippen molar-refractivity contribution in [2.24, 2.45) is 0 Å². The van der Waals surface area contributed by atoms with Gasteiger partial charge in [0.1, 0.15) is 0 Å². The van der Waals surface area contributed by atoms with E-state index < -0.39 is 0 Å². The molecule has 0 aliphatic rings. The van der Waals surface area contributed by atoms with Crippen LogP contribution in [-0.2, 0) is 9.53 Å². The number of unbranched alkanes of at least 4 members (excludes halogenated alkanes) is 7. The van der Waals surface area contributed by atoms with Gasteiger partial charge in [0.05, 0.1) is 11.0 Å². The van der Waals surface area contributed by atoms with Crippen LogP contribution in [0.4, 0.5) is 0 Å². The van der Waals surface area contributed by atoms with Gasteiger partial charge in [0, 0.05) is 0 Å². The summed E-state index contributed by atoms with van der Waals surface area (Å²) in [7, 11) is 0. The number of carbonyl (C=O) groups excluding carboxylic acids is 1. The van der Waals surface area contributed by atoms with E-state index in [0.29, 0.717) is 11.0 Å². The lowest BCUT2D eigenvalue weighted by atomic mass is 10.1. The maximum atomic E-state index is 10.8. The zero-order valence-corrected chi connectivity index (χ0v) is 11.9. The third-order valence-corrected chi connectivity index (χ3v) is 2.99. The highest BCUT2D eigenvalue weighted by Gasteiger charge is 1.97. The lowest BCUT2D eigenvalue weighted by Gasteiger charge is -2.03. The lowest BCUT2D eigenvalue weighted by Crippen LogP contribution is -2.06. The van der Waals surface area contributed by atoms with Gasteiger partial charge in [0.25, 0.3) is 0 Å². The normalized spacial score (nSPS) is 10.3. The minimum Gasteiger partial charge on any atom is -0.465 e. The molecule has 0 saturated heterocycles. The summed E-state index contributed by atoms with van der Waals surface area (Å²) in [6, 6.07) is 0. The first-order valence-corrected chi connectivity index (χ1v) is 7.55. The fourth-order valence-electron chi connectivity index (χ4n) is 1.46. The predicted octanol–water partition coefficient (Wildman–Crippen LogP) is 4.11. The Morgan fingerprint density at radius 2 is 1.53 bits per heavy atom. The van der Waals surface area contributed by atoms with E-state index >= 15 is 0 Å². The van der Waals surface area contributed by atoms with Crippen LogP contribution in [-0.4, -0.2) is 17.0 Å². The molecule has 0 aromatic heterocycles. The molecule has 0 atom stereocenters. The molecule has 0 aromatic carbocycles. The molecule has 0 aliphatic heterocycles. The van der Waals surface area contributed by atoms with Crippen LogP contribution >= 0.6 is 22.6 Å². The van der Waals surface area contributed by atoms with Gasteiger partial charge in [-0.05, 0) is 6.42 Å². The minimum absolute atomic E-state index is 0.0847. The van der Waals surface area contributed by atoms with Crippen molar-refractivity contribution in [3.8, 4) is 0 Å². The van der Waals surface area contributed by atoms with Gasteiger partial charge in [-0.25, -0.2) is 0 Å². The van der Waals surface area contributed by atoms with Gasteiger partial charge in [-0.3, -0.25) is 4.79 Å². The van der Waals surface area contributed by atoms with Crippen molar-refractivity contribution < 1.29 is 9.53 Å². The highest BCUT2D eigenvalue weighted by molar-refractivity contribution is 14.1. The molecule has 0 aliphatic carbocycles. The Labute approximate surface area is 107 Å². The Morgan fingerprint density at radius 3 is 2.07 bits per heavy atom. The van der Waals surface area contributed by atoms with E-state index in [2.05, 4.69) is 6.92 Å². The van der Waals surface area contributed by atoms with E-state index in [0.717, 1.165) is 6.42 Å². The first-order chi connectivity index (χ1) is 7.31. The van der Waals surface area contributed by atoms with Crippen molar-refractivity contribution in [2.45, 2.75) is 58.3 Å². The molecule has 0 rings (SSSR count). The third kappa shape index (κ3) is 12.1. The second-order valence-electron chi connectivity index (χ2n) is 3.83. The van der Waals surface area contributed by atoms with Crippen LogP contribution in [0.2, 0.25) is 0 Å². The van der Waals surface area contributed by atoms with Crippen molar-refractivity contribution in [2.75, 3.05) is 11.0 Å². The molecule has 2 nitrogen and oxygen atoms in total. The Hall–Kier alpha value is 0.200. The summed E-state index contributed by atoms with van der Waals surface area (Å²) in [5, 5.41) is 0. The second-order valence-corrected chi connectivity index (χ2v) is 4.59. The fourth-order valence-corrected chi connectivity index (χ4v) is 1.68. The molecule has 0 unspecified atom stereocenters. The summed E-state index contributed by atoms with van der Waals surface area (Å²) in [6.07, 6.45) is 10.3. The van der Waals surface area contributed by atoms with Gasteiger partial charge in [0.15, 0.2) is 0 Å². The third-order valence-electron chi connectivity index (χ3n) is 2.37. The van der Waals surface area contributed by atoms with Crippen LogP contribution < -0.4 is 0 Å². The van der Waals surface area contributed by atoms with Crippen molar-refractivity contribution in [1.82, 2.24) is 0 Å². The summed E-state index contributed by atoms with van der Waals surface area (Å²) in [6.45, 7) is 2.85. The summed E-state index contributed by atoms with van der Waals surface area (Å²) >= 11 is 2.03. The number of rotatable bonds is 10. The average Bonchev–Trinajstić information content (AvgIpc) is 2.26. The molecule has 15 heavy (non-hydrogen) atoms. The fraction of sp³-hybridized carbons (Fsp3) is 0.917. The number of esters is 1. The molecule has 3 heteroatoms.